The summed E-state index contributed by atoms with van der Waals surface area (Å²) in [6.45, 7) is 0. The monoisotopic (exact) mass is 246 g/mol. The Bertz CT molecular complexity index is 564. The number of carbonyl (C=O) groups excluding carboxylic acids is 1. The van der Waals surface area contributed by atoms with Gasteiger partial charge >= 0.3 is 0 Å². The third-order valence-electron chi connectivity index (χ3n) is 2.41. The van der Waals surface area contributed by atoms with E-state index >= 15 is 0 Å². The molecule has 2 aromatic rings. The highest BCUT2D eigenvalue weighted by molar-refractivity contribution is 6.35. The normalized spacial score (nSPS) is 10.2. The fourth-order valence-corrected chi connectivity index (χ4v) is 1.71. The van der Waals surface area contributed by atoms with Crippen molar-refractivity contribution in [1.82, 2.24) is 0 Å². The molecule has 0 spiro atoms. The topological polar surface area (TPSA) is 69.1 Å². The number of anilines is 2. The van der Waals surface area contributed by atoms with Gasteiger partial charge in [0.25, 0.3) is 0 Å². The molecule has 0 aliphatic heterocycles. The fourth-order valence-electron chi connectivity index (χ4n) is 1.51. The van der Waals surface area contributed by atoms with Gasteiger partial charge in [-0.1, -0.05) is 11.6 Å². The van der Waals surface area contributed by atoms with Gasteiger partial charge in [0, 0.05) is 22.5 Å². The van der Waals surface area contributed by atoms with E-state index in [1.54, 1.807) is 42.5 Å². The van der Waals surface area contributed by atoms with Gasteiger partial charge in [0.1, 0.15) is 0 Å². The average Bonchev–Trinajstić information content (AvgIpc) is 2.32. The minimum atomic E-state index is -0.165. The van der Waals surface area contributed by atoms with Crippen molar-refractivity contribution in [2.24, 2.45) is 0 Å². The molecule has 0 atom stereocenters. The van der Waals surface area contributed by atoms with Gasteiger partial charge in [0.05, 0.1) is 5.02 Å². The van der Waals surface area contributed by atoms with Crippen LogP contribution in [0.25, 0.3) is 0 Å². The molecule has 4 N–H and O–H groups in total. The summed E-state index contributed by atoms with van der Waals surface area (Å²) in [4.78, 5) is 12.1. The number of benzene rings is 2. The lowest BCUT2D eigenvalue weighted by Crippen LogP contribution is -2.03. The van der Waals surface area contributed by atoms with Crippen LogP contribution in [0.2, 0.25) is 5.02 Å². The van der Waals surface area contributed by atoms with Crippen LogP contribution in [0, 0.1) is 0 Å². The van der Waals surface area contributed by atoms with E-state index < -0.39 is 0 Å². The van der Waals surface area contributed by atoms with E-state index in [9.17, 15) is 4.79 Å². The number of halogens is 1. The van der Waals surface area contributed by atoms with Crippen molar-refractivity contribution in [3.05, 3.63) is 58.6 Å². The number of hydrogen-bond donors (Lipinski definition) is 2. The van der Waals surface area contributed by atoms with Gasteiger partial charge in [0.15, 0.2) is 5.78 Å². The fraction of sp³-hybridized carbons (Fsp3) is 0. The zero-order valence-electron chi connectivity index (χ0n) is 8.98. The summed E-state index contributed by atoms with van der Waals surface area (Å²) >= 11 is 5.97. The largest absolute Gasteiger partial charge is 0.399 e. The van der Waals surface area contributed by atoms with E-state index in [2.05, 4.69) is 0 Å². The van der Waals surface area contributed by atoms with Crippen LogP contribution in [-0.4, -0.2) is 5.78 Å². The molecule has 0 amide bonds. The Balaban J connectivity index is 2.43. The van der Waals surface area contributed by atoms with Gasteiger partial charge in [-0.25, -0.2) is 0 Å². The standard InChI is InChI=1S/C13H11ClN2O/c14-12-6-5-10(16)7-11(12)13(17)8-1-3-9(15)4-2-8/h1-7H,15-16H2. The third-order valence-corrected chi connectivity index (χ3v) is 2.74. The van der Waals surface area contributed by atoms with Gasteiger partial charge < -0.3 is 11.5 Å². The van der Waals surface area contributed by atoms with Crippen LogP contribution < -0.4 is 11.5 Å². The molecule has 0 fully saturated rings. The first-order valence-corrected chi connectivity index (χ1v) is 5.41. The molecule has 0 heterocycles. The van der Waals surface area contributed by atoms with E-state index in [0.717, 1.165) is 0 Å². The maximum Gasteiger partial charge on any atom is 0.194 e. The first kappa shape index (κ1) is 11.5. The van der Waals surface area contributed by atoms with Crippen molar-refractivity contribution in [2.75, 3.05) is 11.5 Å². The summed E-state index contributed by atoms with van der Waals surface area (Å²) < 4.78 is 0. The van der Waals surface area contributed by atoms with Crippen LogP contribution >= 0.6 is 11.6 Å². The Morgan fingerprint density at radius 1 is 0.941 bits per heavy atom. The SMILES string of the molecule is Nc1ccc(C(=O)c2cc(N)ccc2Cl)cc1. The lowest BCUT2D eigenvalue weighted by atomic mass is 10.0. The van der Waals surface area contributed by atoms with Crippen LogP contribution in [0.15, 0.2) is 42.5 Å². The third kappa shape index (κ3) is 2.40. The van der Waals surface area contributed by atoms with Crippen molar-refractivity contribution in [3.63, 3.8) is 0 Å². The summed E-state index contributed by atoms with van der Waals surface area (Å²) in [7, 11) is 0. The lowest BCUT2D eigenvalue weighted by Gasteiger charge is -2.05. The minimum Gasteiger partial charge on any atom is -0.399 e. The van der Waals surface area contributed by atoms with Crippen molar-refractivity contribution in [1.29, 1.82) is 0 Å². The van der Waals surface area contributed by atoms with E-state index in [1.807, 2.05) is 0 Å². The van der Waals surface area contributed by atoms with Gasteiger partial charge in [-0.3, -0.25) is 4.79 Å². The van der Waals surface area contributed by atoms with E-state index in [1.165, 1.54) is 0 Å². The van der Waals surface area contributed by atoms with E-state index in [4.69, 9.17) is 23.1 Å². The minimum absolute atomic E-state index is 0.165. The van der Waals surface area contributed by atoms with Crippen molar-refractivity contribution in [2.45, 2.75) is 0 Å². The number of rotatable bonds is 2. The molecule has 17 heavy (non-hydrogen) atoms. The summed E-state index contributed by atoms with van der Waals surface area (Å²) in [6, 6.07) is 11.5. The molecule has 86 valence electrons. The molecule has 0 saturated heterocycles. The zero-order chi connectivity index (χ0) is 12.4. The number of nitrogen functional groups attached to an aromatic ring is 2. The smallest absolute Gasteiger partial charge is 0.194 e. The maximum absolute atomic E-state index is 12.1. The average molecular weight is 247 g/mol. The molecule has 4 heteroatoms. The number of hydrogen-bond acceptors (Lipinski definition) is 3. The van der Waals surface area contributed by atoms with Gasteiger partial charge in [0.2, 0.25) is 0 Å². The lowest BCUT2D eigenvalue weighted by molar-refractivity contribution is 0.103. The molecule has 0 unspecified atom stereocenters. The summed E-state index contributed by atoms with van der Waals surface area (Å²) in [5, 5.41) is 0.390. The Labute approximate surface area is 104 Å². The molecule has 2 aromatic carbocycles. The number of ketones is 1. The molecule has 3 nitrogen and oxygen atoms in total. The second-order valence-electron chi connectivity index (χ2n) is 3.69. The highest BCUT2D eigenvalue weighted by Crippen LogP contribution is 2.22. The van der Waals surface area contributed by atoms with Gasteiger partial charge in [-0.05, 0) is 42.5 Å². The van der Waals surface area contributed by atoms with Crippen LogP contribution in [0.5, 0.6) is 0 Å². The Hall–Kier alpha value is -2.00. The van der Waals surface area contributed by atoms with Gasteiger partial charge in [-0.2, -0.15) is 0 Å². The molecule has 2 rings (SSSR count). The van der Waals surface area contributed by atoms with Crippen molar-refractivity contribution < 1.29 is 4.79 Å². The zero-order valence-corrected chi connectivity index (χ0v) is 9.74. The summed E-state index contributed by atoms with van der Waals surface area (Å²) in [6.07, 6.45) is 0. The van der Waals surface area contributed by atoms with Crippen molar-refractivity contribution in [3.8, 4) is 0 Å². The van der Waals surface area contributed by atoms with Gasteiger partial charge in [-0.15, -0.1) is 0 Å². The first-order valence-electron chi connectivity index (χ1n) is 5.03. The molecular weight excluding hydrogens is 236 g/mol. The summed E-state index contributed by atoms with van der Waals surface area (Å²) in [5.41, 5.74) is 13.3. The van der Waals surface area contributed by atoms with Crippen LogP contribution in [0.3, 0.4) is 0 Å². The maximum atomic E-state index is 12.1. The van der Waals surface area contributed by atoms with Crippen molar-refractivity contribution >= 4 is 28.8 Å². The molecule has 0 radical (unpaired) electrons. The predicted octanol–water partition coefficient (Wildman–Crippen LogP) is 2.74. The number of nitrogens with two attached hydrogens (primary N) is 2. The van der Waals surface area contributed by atoms with Crippen LogP contribution in [0.1, 0.15) is 15.9 Å². The van der Waals surface area contributed by atoms with Crippen LogP contribution in [-0.2, 0) is 0 Å². The quantitative estimate of drug-likeness (QED) is 0.632. The highest BCUT2D eigenvalue weighted by atomic mass is 35.5. The molecule has 0 aromatic heterocycles. The second kappa shape index (κ2) is 4.47. The Kier molecular flexibility index (Phi) is 3.02. The number of carbonyl (C=O) groups is 1. The predicted molar refractivity (Wildman–Crippen MR) is 70.2 cm³/mol. The Morgan fingerprint density at radius 3 is 2.18 bits per heavy atom. The molecular formula is C13H11ClN2O. The van der Waals surface area contributed by atoms with E-state index in [0.29, 0.717) is 27.5 Å². The molecule has 0 aliphatic carbocycles. The second-order valence-corrected chi connectivity index (χ2v) is 4.10. The summed E-state index contributed by atoms with van der Waals surface area (Å²) in [5.74, 6) is -0.165. The van der Waals surface area contributed by atoms with Crippen LogP contribution in [0.4, 0.5) is 11.4 Å². The molecule has 0 bridgehead atoms. The van der Waals surface area contributed by atoms with E-state index in [-0.39, 0.29) is 5.78 Å². The highest BCUT2D eigenvalue weighted by Gasteiger charge is 2.12. The Morgan fingerprint density at radius 2 is 1.53 bits per heavy atom. The molecule has 0 saturated carbocycles. The molecule has 0 aliphatic rings. The first-order chi connectivity index (χ1) is 8.08.